The predicted octanol–water partition coefficient (Wildman–Crippen LogP) is 2.28. The number of rotatable bonds is 2. The molecule has 2 aromatic heterocycles. The highest BCUT2D eigenvalue weighted by molar-refractivity contribution is 5.41. The summed E-state index contributed by atoms with van der Waals surface area (Å²) in [6.45, 7) is 0.919. The van der Waals surface area contributed by atoms with Crippen molar-refractivity contribution in [2.75, 3.05) is 0 Å². The molecule has 0 N–H and O–H groups in total. The summed E-state index contributed by atoms with van der Waals surface area (Å²) in [6, 6.07) is 16.7. The minimum Gasteiger partial charge on any atom is -0.232 e. The molecule has 0 unspecified atom stereocenters. The monoisotopic (exact) mass is 209 g/mol. The van der Waals surface area contributed by atoms with Gasteiger partial charge in [-0.2, -0.15) is 0 Å². The van der Waals surface area contributed by atoms with Crippen LogP contribution in [0, 0.1) is 0 Å². The minimum absolute atomic E-state index is 0.919. The summed E-state index contributed by atoms with van der Waals surface area (Å²) in [5, 5.41) is 0. The average Bonchev–Trinajstić information content (AvgIpc) is 2.72. The number of hydrogen-bond acceptors (Lipinski definition) is 0. The first kappa shape index (κ1) is 9.16. The molecule has 1 aromatic carbocycles. The summed E-state index contributed by atoms with van der Waals surface area (Å²) < 4.78 is 4.33. The van der Waals surface area contributed by atoms with E-state index in [1.807, 2.05) is 12.1 Å². The van der Waals surface area contributed by atoms with Gasteiger partial charge < -0.3 is 0 Å². The molecule has 0 spiro atoms. The number of pyridine rings is 1. The SMILES string of the molecule is c1ccc(C[n+]2cc3ccccn3c2)cc1. The van der Waals surface area contributed by atoms with Gasteiger partial charge in [-0.25, -0.2) is 8.97 Å². The second kappa shape index (κ2) is 3.81. The maximum Gasteiger partial charge on any atom is 0.249 e. The van der Waals surface area contributed by atoms with E-state index in [2.05, 4.69) is 64.1 Å². The first-order chi connectivity index (χ1) is 7.92. The summed E-state index contributed by atoms with van der Waals surface area (Å²) in [5.41, 5.74) is 2.54. The van der Waals surface area contributed by atoms with Crippen LogP contribution in [-0.4, -0.2) is 4.40 Å². The second-order valence-electron chi connectivity index (χ2n) is 3.94. The molecule has 0 bridgehead atoms. The van der Waals surface area contributed by atoms with Crippen LogP contribution in [0.25, 0.3) is 5.52 Å². The molecule has 0 aliphatic carbocycles. The first-order valence-electron chi connectivity index (χ1n) is 5.41. The van der Waals surface area contributed by atoms with Crippen LogP contribution in [0.4, 0.5) is 0 Å². The van der Waals surface area contributed by atoms with Gasteiger partial charge in [-0.3, -0.25) is 0 Å². The highest BCUT2D eigenvalue weighted by Gasteiger charge is 2.05. The summed E-state index contributed by atoms with van der Waals surface area (Å²) >= 11 is 0. The highest BCUT2D eigenvalue weighted by atomic mass is 15.1. The van der Waals surface area contributed by atoms with Crippen molar-refractivity contribution in [2.45, 2.75) is 6.54 Å². The highest BCUT2D eigenvalue weighted by Crippen LogP contribution is 2.01. The third-order valence-corrected chi connectivity index (χ3v) is 2.70. The van der Waals surface area contributed by atoms with Gasteiger partial charge in [0, 0.05) is 0 Å². The van der Waals surface area contributed by atoms with Gasteiger partial charge >= 0.3 is 0 Å². The van der Waals surface area contributed by atoms with Crippen LogP contribution in [-0.2, 0) is 6.54 Å². The van der Waals surface area contributed by atoms with Crippen LogP contribution < -0.4 is 4.57 Å². The third-order valence-electron chi connectivity index (χ3n) is 2.70. The molecule has 2 nitrogen and oxygen atoms in total. The van der Waals surface area contributed by atoms with E-state index < -0.39 is 0 Å². The maximum absolute atomic E-state index is 2.20. The van der Waals surface area contributed by atoms with E-state index in [4.69, 9.17) is 0 Å². The topological polar surface area (TPSA) is 8.29 Å². The van der Waals surface area contributed by atoms with Crippen LogP contribution in [0.15, 0.2) is 67.3 Å². The van der Waals surface area contributed by atoms with E-state index in [0.29, 0.717) is 0 Å². The van der Waals surface area contributed by atoms with Crippen molar-refractivity contribution in [2.24, 2.45) is 0 Å². The van der Waals surface area contributed by atoms with E-state index in [1.165, 1.54) is 11.1 Å². The Balaban J connectivity index is 1.95. The summed E-state index contributed by atoms with van der Waals surface area (Å²) in [7, 11) is 0. The summed E-state index contributed by atoms with van der Waals surface area (Å²) in [6.07, 6.45) is 6.34. The minimum atomic E-state index is 0.919. The lowest BCUT2D eigenvalue weighted by Crippen LogP contribution is -2.31. The molecule has 0 saturated heterocycles. The Labute approximate surface area is 94.4 Å². The zero-order valence-corrected chi connectivity index (χ0v) is 8.95. The Morgan fingerprint density at radius 3 is 2.56 bits per heavy atom. The van der Waals surface area contributed by atoms with Crippen molar-refractivity contribution in [3.63, 3.8) is 0 Å². The zero-order chi connectivity index (χ0) is 10.8. The van der Waals surface area contributed by atoms with Crippen LogP contribution in [0.2, 0.25) is 0 Å². The van der Waals surface area contributed by atoms with Gasteiger partial charge in [-0.15, -0.1) is 0 Å². The van der Waals surface area contributed by atoms with E-state index in [1.54, 1.807) is 0 Å². The molecule has 2 heterocycles. The van der Waals surface area contributed by atoms with Gasteiger partial charge in [0.05, 0.1) is 6.20 Å². The molecule has 0 fully saturated rings. The van der Waals surface area contributed by atoms with E-state index in [-0.39, 0.29) is 0 Å². The fourth-order valence-electron chi connectivity index (χ4n) is 1.93. The number of hydrogen-bond donors (Lipinski definition) is 0. The molecular formula is C14H13N2+. The van der Waals surface area contributed by atoms with Crippen molar-refractivity contribution < 1.29 is 4.57 Å². The third kappa shape index (κ3) is 1.70. The van der Waals surface area contributed by atoms with Crippen LogP contribution in [0.3, 0.4) is 0 Å². The molecule has 78 valence electrons. The normalized spacial score (nSPS) is 10.8. The predicted molar refractivity (Wildman–Crippen MR) is 63.1 cm³/mol. The Hall–Kier alpha value is -2.09. The van der Waals surface area contributed by atoms with Crippen molar-refractivity contribution in [1.82, 2.24) is 4.40 Å². The molecule has 2 heteroatoms. The van der Waals surface area contributed by atoms with Gasteiger partial charge in [-0.05, 0) is 17.7 Å². The van der Waals surface area contributed by atoms with Gasteiger partial charge in [-0.1, -0.05) is 36.4 Å². The Bertz CT molecular complexity index is 563. The average molecular weight is 209 g/mol. The van der Waals surface area contributed by atoms with E-state index in [0.717, 1.165) is 6.54 Å². The standard InChI is InChI=1S/C14H13N2/c1-2-6-13(7-3-1)10-15-11-14-8-4-5-9-16(14)12-15/h1-9,11-12H,10H2/q+1. The molecule has 0 radical (unpaired) electrons. The number of benzene rings is 1. The van der Waals surface area contributed by atoms with Crippen molar-refractivity contribution >= 4 is 5.52 Å². The number of aromatic nitrogens is 2. The van der Waals surface area contributed by atoms with Gasteiger partial charge in [0.15, 0.2) is 5.52 Å². The molecular weight excluding hydrogens is 196 g/mol. The summed E-state index contributed by atoms with van der Waals surface area (Å²) in [4.78, 5) is 0. The van der Waals surface area contributed by atoms with Crippen molar-refractivity contribution in [1.29, 1.82) is 0 Å². The lowest BCUT2D eigenvalue weighted by molar-refractivity contribution is -0.686. The molecule has 3 aromatic rings. The zero-order valence-electron chi connectivity index (χ0n) is 8.95. The van der Waals surface area contributed by atoms with Crippen LogP contribution in [0.5, 0.6) is 0 Å². The molecule has 0 aliphatic heterocycles. The largest absolute Gasteiger partial charge is 0.249 e. The van der Waals surface area contributed by atoms with E-state index in [9.17, 15) is 0 Å². The Morgan fingerprint density at radius 2 is 1.75 bits per heavy atom. The first-order valence-corrected chi connectivity index (χ1v) is 5.41. The molecule has 0 amide bonds. The number of fused-ring (bicyclic) bond motifs is 1. The fraction of sp³-hybridized carbons (Fsp3) is 0.0714. The number of nitrogens with zero attached hydrogens (tertiary/aromatic N) is 2. The molecule has 3 rings (SSSR count). The molecule has 0 aliphatic rings. The van der Waals surface area contributed by atoms with E-state index >= 15 is 0 Å². The fourth-order valence-corrected chi connectivity index (χ4v) is 1.93. The molecule has 0 saturated carbocycles. The lowest BCUT2D eigenvalue weighted by atomic mass is 10.2. The molecule has 16 heavy (non-hydrogen) atoms. The smallest absolute Gasteiger partial charge is 0.232 e. The van der Waals surface area contributed by atoms with Gasteiger partial charge in [0.1, 0.15) is 12.7 Å². The second-order valence-corrected chi connectivity index (χ2v) is 3.94. The quantitative estimate of drug-likeness (QED) is 0.572. The Kier molecular flexibility index (Phi) is 2.18. The van der Waals surface area contributed by atoms with Crippen LogP contribution in [0.1, 0.15) is 5.56 Å². The van der Waals surface area contributed by atoms with Crippen LogP contribution >= 0.6 is 0 Å². The maximum atomic E-state index is 2.20. The van der Waals surface area contributed by atoms with Gasteiger partial charge in [0.25, 0.3) is 0 Å². The number of imidazole rings is 1. The lowest BCUT2D eigenvalue weighted by Gasteiger charge is -1.95. The van der Waals surface area contributed by atoms with Crippen molar-refractivity contribution in [3.8, 4) is 0 Å². The van der Waals surface area contributed by atoms with Crippen molar-refractivity contribution in [3.05, 3.63) is 72.8 Å². The summed E-state index contributed by atoms with van der Waals surface area (Å²) in [5.74, 6) is 0. The van der Waals surface area contributed by atoms with Gasteiger partial charge in [0.2, 0.25) is 6.33 Å². The Morgan fingerprint density at radius 1 is 0.938 bits per heavy atom. The molecule has 0 atom stereocenters.